The third-order valence-corrected chi connectivity index (χ3v) is 2.99. The summed E-state index contributed by atoms with van der Waals surface area (Å²) >= 11 is 0. The number of rotatable bonds is 6. The standard InChI is InChI=1S/C12H23NO/c1-6-8-9-10-11(13-4)12(3,7-2)14-5/h11,13H,7,9-10H2,1-5H3. The summed E-state index contributed by atoms with van der Waals surface area (Å²) in [7, 11) is 3.76. The third-order valence-electron chi connectivity index (χ3n) is 2.99. The molecule has 1 N–H and O–H groups in total. The summed E-state index contributed by atoms with van der Waals surface area (Å²) in [6.07, 6.45) is 2.98. The maximum atomic E-state index is 5.56. The van der Waals surface area contributed by atoms with Crippen LogP contribution in [0.2, 0.25) is 0 Å². The lowest BCUT2D eigenvalue weighted by atomic mass is 9.90. The Morgan fingerprint density at radius 1 is 1.50 bits per heavy atom. The largest absolute Gasteiger partial charge is 0.377 e. The molecular formula is C12H23NO. The Morgan fingerprint density at radius 3 is 2.50 bits per heavy atom. The summed E-state index contributed by atoms with van der Waals surface area (Å²) in [5, 5.41) is 3.31. The highest BCUT2D eigenvalue weighted by Crippen LogP contribution is 2.22. The summed E-state index contributed by atoms with van der Waals surface area (Å²) in [4.78, 5) is 0. The molecule has 0 spiro atoms. The summed E-state index contributed by atoms with van der Waals surface area (Å²) in [5.74, 6) is 6.00. The number of hydrogen-bond donors (Lipinski definition) is 1. The van der Waals surface area contributed by atoms with Crippen LogP contribution in [0.5, 0.6) is 0 Å². The SMILES string of the molecule is CC#CCCC(NC)C(C)(CC)OC. The van der Waals surface area contributed by atoms with Gasteiger partial charge >= 0.3 is 0 Å². The van der Waals surface area contributed by atoms with E-state index in [-0.39, 0.29) is 5.60 Å². The van der Waals surface area contributed by atoms with Crippen molar-refractivity contribution in [3.63, 3.8) is 0 Å². The molecule has 0 radical (unpaired) electrons. The van der Waals surface area contributed by atoms with Crippen LogP contribution in [0.1, 0.15) is 40.0 Å². The van der Waals surface area contributed by atoms with Gasteiger partial charge in [-0.2, -0.15) is 0 Å². The molecular weight excluding hydrogens is 174 g/mol. The van der Waals surface area contributed by atoms with Crippen LogP contribution in [0.15, 0.2) is 0 Å². The first-order valence-electron chi connectivity index (χ1n) is 5.26. The fourth-order valence-corrected chi connectivity index (χ4v) is 1.63. The van der Waals surface area contributed by atoms with Crippen molar-refractivity contribution in [2.45, 2.75) is 51.7 Å². The van der Waals surface area contributed by atoms with Gasteiger partial charge in [-0.15, -0.1) is 11.8 Å². The van der Waals surface area contributed by atoms with Crippen molar-refractivity contribution >= 4 is 0 Å². The highest BCUT2D eigenvalue weighted by molar-refractivity contribution is 4.98. The molecule has 2 atom stereocenters. The summed E-state index contributed by atoms with van der Waals surface area (Å²) < 4.78 is 5.56. The minimum atomic E-state index is -0.0792. The van der Waals surface area contributed by atoms with E-state index in [9.17, 15) is 0 Å². The lowest BCUT2D eigenvalue weighted by Crippen LogP contribution is -2.48. The van der Waals surface area contributed by atoms with Gasteiger partial charge in [0.05, 0.1) is 5.60 Å². The predicted octanol–water partition coefficient (Wildman–Crippen LogP) is 2.19. The van der Waals surface area contributed by atoms with E-state index >= 15 is 0 Å². The molecule has 14 heavy (non-hydrogen) atoms. The van der Waals surface area contributed by atoms with Crippen LogP contribution >= 0.6 is 0 Å². The number of nitrogens with one attached hydrogen (secondary N) is 1. The Kier molecular flexibility index (Phi) is 6.61. The van der Waals surface area contributed by atoms with Crippen LogP contribution < -0.4 is 5.32 Å². The second kappa shape index (κ2) is 6.86. The average molecular weight is 197 g/mol. The Bertz CT molecular complexity index is 198. The van der Waals surface area contributed by atoms with Gasteiger partial charge in [-0.05, 0) is 33.7 Å². The van der Waals surface area contributed by atoms with Crippen LogP contribution in [0.3, 0.4) is 0 Å². The number of methoxy groups -OCH3 is 1. The van der Waals surface area contributed by atoms with Crippen molar-refractivity contribution in [2.24, 2.45) is 0 Å². The normalized spacial score (nSPS) is 16.6. The molecule has 82 valence electrons. The van der Waals surface area contributed by atoms with Crippen molar-refractivity contribution in [1.82, 2.24) is 5.32 Å². The van der Waals surface area contributed by atoms with Gasteiger partial charge in [0, 0.05) is 19.6 Å². The van der Waals surface area contributed by atoms with Crippen molar-refractivity contribution in [1.29, 1.82) is 0 Å². The van der Waals surface area contributed by atoms with Gasteiger partial charge < -0.3 is 10.1 Å². The van der Waals surface area contributed by atoms with Crippen molar-refractivity contribution < 1.29 is 4.74 Å². The zero-order chi connectivity index (χ0) is 11.0. The zero-order valence-electron chi connectivity index (χ0n) is 10.1. The zero-order valence-corrected chi connectivity index (χ0v) is 10.1. The van der Waals surface area contributed by atoms with Gasteiger partial charge in [-0.3, -0.25) is 0 Å². The van der Waals surface area contributed by atoms with E-state index in [1.54, 1.807) is 7.11 Å². The summed E-state index contributed by atoms with van der Waals surface area (Å²) in [6, 6.07) is 0.373. The maximum absolute atomic E-state index is 5.56. The summed E-state index contributed by atoms with van der Waals surface area (Å²) in [6.45, 7) is 6.18. The molecule has 0 aliphatic carbocycles. The van der Waals surface area contributed by atoms with E-state index < -0.39 is 0 Å². The molecule has 0 saturated carbocycles. The molecule has 0 aromatic rings. The second-order valence-corrected chi connectivity index (χ2v) is 3.68. The lowest BCUT2D eigenvalue weighted by Gasteiger charge is -2.35. The highest BCUT2D eigenvalue weighted by Gasteiger charge is 2.30. The topological polar surface area (TPSA) is 21.3 Å². The van der Waals surface area contributed by atoms with Crippen LogP contribution in [0.25, 0.3) is 0 Å². The van der Waals surface area contributed by atoms with Gasteiger partial charge in [0.1, 0.15) is 0 Å². The molecule has 0 aromatic heterocycles. The van der Waals surface area contributed by atoms with Crippen molar-refractivity contribution in [3.8, 4) is 11.8 Å². The molecule has 0 fully saturated rings. The van der Waals surface area contributed by atoms with Gasteiger partial charge in [-0.25, -0.2) is 0 Å². The third kappa shape index (κ3) is 3.69. The highest BCUT2D eigenvalue weighted by atomic mass is 16.5. The number of likely N-dealkylation sites (N-methyl/N-ethyl adjacent to an activating group) is 1. The van der Waals surface area contributed by atoms with Crippen LogP contribution in [-0.4, -0.2) is 25.8 Å². The first-order valence-corrected chi connectivity index (χ1v) is 5.26. The number of ether oxygens (including phenoxy) is 1. The van der Waals surface area contributed by atoms with E-state index in [1.165, 1.54) is 0 Å². The van der Waals surface area contributed by atoms with Crippen LogP contribution in [0, 0.1) is 11.8 Å². The molecule has 0 rings (SSSR count). The fourth-order valence-electron chi connectivity index (χ4n) is 1.63. The molecule has 0 saturated heterocycles. The minimum Gasteiger partial charge on any atom is -0.377 e. The monoisotopic (exact) mass is 197 g/mol. The fraction of sp³-hybridized carbons (Fsp3) is 0.833. The van der Waals surface area contributed by atoms with Crippen LogP contribution in [0.4, 0.5) is 0 Å². The van der Waals surface area contributed by atoms with E-state index in [1.807, 2.05) is 14.0 Å². The Balaban J connectivity index is 4.26. The van der Waals surface area contributed by atoms with E-state index in [4.69, 9.17) is 4.74 Å². The van der Waals surface area contributed by atoms with E-state index in [0.29, 0.717) is 6.04 Å². The molecule has 0 aromatic carbocycles. The molecule has 0 heterocycles. The lowest BCUT2D eigenvalue weighted by molar-refractivity contribution is -0.0287. The van der Waals surface area contributed by atoms with Crippen LogP contribution in [-0.2, 0) is 4.74 Å². The van der Waals surface area contributed by atoms with Crippen molar-refractivity contribution in [2.75, 3.05) is 14.2 Å². The predicted molar refractivity (Wildman–Crippen MR) is 61.2 cm³/mol. The molecule has 0 amide bonds. The maximum Gasteiger partial charge on any atom is 0.0800 e. The first kappa shape index (κ1) is 13.5. The van der Waals surface area contributed by atoms with E-state index in [2.05, 4.69) is 31.0 Å². The van der Waals surface area contributed by atoms with Gasteiger partial charge in [0.15, 0.2) is 0 Å². The van der Waals surface area contributed by atoms with Crippen molar-refractivity contribution in [3.05, 3.63) is 0 Å². The van der Waals surface area contributed by atoms with E-state index in [0.717, 1.165) is 19.3 Å². The molecule has 2 heteroatoms. The Hall–Kier alpha value is -0.520. The smallest absolute Gasteiger partial charge is 0.0800 e. The Labute approximate surface area is 88.4 Å². The second-order valence-electron chi connectivity index (χ2n) is 3.68. The molecule has 2 nitrogen and oxygen atoms in total. The number of hydrogen-bond acceptors (Lipinski definition) is 2. The molecule has 0 aliphatic rings. The first-order chi connectivity index (χ1) is 6.64. The average Bonchev–Trinajstić information content (AvgIpc) is 2.23. The summed E-state index contributed by atoms with van der Waals surface area (Å²) in [5.41, 5.74) is -0.0792. The Morgan fingerprint density at radius 2 is 2.14 bits per heavy atom. The minimum absolute atomic E-state index is 0.0792. The van der Waals surface area contributed by atoms with Gasteiger partial charge in [-0.1, -0.05) is 6.92 Å². The quantitative estimate of drug-likeness (QED) is 0.659. The molecule has 2 unspecified atom stereocenters. The van der Waals surface area contributed by atoms with Gasteiger partial charge in [0.2, 0.25) is 0 Å². The molecule has 0 bridgehead atoms. The molecule has 0 aliphatic heterocycles. The van der Waals surface area contributed by atoms with Gasteiger partial charge in [0.25, 0.3) is 0 Å².